The van der Waals surface area contributed by atoms with Crippen molar-refractivity contribution in [2.45, 2.75) is 20.3 Å². The van der Waals surface area contributed by atoms with Crippen molar-refractivity contribution in [3.05, 3.63) is 33.9 Å². The molecule has 2 aromatic rings. The number of aromatic nitrogens is 1. The van der Waals surface area contributed by atoms with E-state index in [0.717, 1.165) is 33.9 Å². The molecule has 0 bridgehead atoms. The highest BCUT2D eigenvalue weighted by atomic mass is 79.9. The Morgan fingerprint density at radius 2 is 2.06 bits per heavy atom. The van der Waals surface area contributed by atoms with Gasteiger partial charge < -0.3 is 10.3 Å². The molecule has 17 heavy (non-hydrogen) atoms. The summed E-state index contributed by atoms with van der Waals surface area (Å²) in [6.07, 6.45) is 0.905. The van der Waals surface area contributed by atoms with Crippen molar-refractivity contribution in [2.75, 3.05) is 6.54 Å². The molecule has 3 rings (SSSR count). The first-order valence-electron chi connectivity index (χ1n) is 5.84. The van der Waals surface area contributed by atoms with Gasteiger partial charge in [0.05, 0.1) is 0 Å². The van der Waals surface area contributed by atoms with E-state index < -0.39 is 0 Å². The van der Waals surface area contributed by atoms with Gasteiger partial charge in [-0.25, -0.2) is 0 Å². The number of carbonyl (C=O) groups is 1. The Bertz CT molecular complexity index is 560. The monoisotopic (exact) mass is 294 g/mol. The molecule has 0 fully saturated rings. The van der Waals surface area contributed by atoms with Crippen LogP contribution in [0.4, 0.5) is 0 Å². The van der Waals surface area contributed by atoms with Crippen LogP contribution in [0.2, 0.25) is 0 Å². The third-order valence-electron chi connectivity index (χ3n) is 2.76. The summed E-state index contributed by atoms with van der Waals surface area (Å²) in [7, 11) is 0. The fourth-order valence-electron chi connectivity index (χ4n) is 2.07. The average molecular weight is 295 g/mol. The maximum absolute atomic E-state index is 11.6. The van der Waals surface area contributed by atoms with Crippen molar-refractivity contribution >= 4 is 32.7 Å². The van der Waals surface area contributed by atoms with E-state index in [4.69, 9.17) is 0 Å². The number of carbonyl (C=O) groups excluding carboxylic acids is 1. The summed E-state index contributed by atoms with van der Waals surface area (Å²) in [5.41, 5.74) is 2.88. The summed E-state index contributed by atoms with van der Waals surface area (Å²) in [5.74, 6) is 0.00331. The number of hydrogen-bond donors (Lipinski definition) is 2. The van der Waals surface area contributed by atoms with E-state index in [2.05, 4.69) is 26.2 Å². The van der Waals surface area contributed by atoms with Gasteiger partial charge in [0, 0.05) is 21.9 Å². The van der Waals surface area contributed by atoms with Crippen LogP contribution in [0.25, 0.3) is 10.9 Å². The molecule has 3 nitrogen and oxygen atoms in total. The first-order valence-corrected chi connectivity index (χ1v) is 6.63. The van der Waals surface area contributed by atoms with Crippen molar-refractivity contribution in [3.63, 3.8) is 0 Å². The maximum atomic E-state index is 11.6. The van der Waals surface area contributed by atoms with Gasteiger partial charge in [0.2, 0.25) is 0 Å². The van der Waals surface area contributed by atoms with Gasteiger partial charge in [-0.3, -0.25) is 4.79 Å². The minimum atomic E-state index is 0.00331. The van der Waals surface area contributed by atoms with Crippen LogP contribution in [-0.2, 0) is 6.42 Å². The molecule has 1 aromatic heterocycles. The van der Waals surface area contributed by atoms with Crippen LogP contribution in [0.3, 0.4) is 0 Å². The van der Waals surface area contributed by atoms with E-state index in [1.54, 1.807) is 0 Å². The van der Waals surface area contributed by atoms with Gasteiger partial charge in [0.15, 0.2) is 0 Å². The normalized spacial score (nSPS) is 13.7. The minimum absolute atomic E-state index is 0.00331. The number of aromatic amines is 1. The van der Waals surface area contributed by atoms with Crippen LogP contribution in [0.5, 0.6) is 0 Å². The highest BCUT2D eigenvalue weighted by Gasteiger charge is 2.21. The number of H-pyrrole nitrogens is 1. The Morgan fingerprint density at radius 3 is 2.82 bits per heavy atom. The first-order chi connectivity index (χ1) is 8.25. The molecule has 1 aliphatic rings. The fourth-order valence-corrected chi connectivity index (χ4v) is 2.43. The lowest BCUT2D eigenvalue weighted by Crippen LogP contribution is -2.31. The Hall–Kier alpha value is -1.29. The number of halogens is 1. The predicted octanol–water partition coefficient (Wildman–Crippen LogP) is 3.24. The van der Waals surface area contributed by atoms with E-state index in [1.165, 1.54) is 0 Å². The van der Waals surface area contributed by atoms with Gasteiger partial charge in [-0.2, -0.15) is 0 Å². The third kappa shape index (κ3) is 2.09. The van der Waals surface area contributed by atoms with E-state index in [9.17, 15) is 4.79 Å². The molecule has 1 aromatic carbocycles. The molecule has 2 N–H and O–H groups in total. The quantitative estimate of drug-likeness (QED) is 0.770. The van der Waals surface area contributed by atoms with Crippen LogP contribution in [0, 0.1) is 0 Å². The number of rotatable bonds is 0. The Labute approximate surface area is 109 Å². The molecule has 1 aliphatic heterocycles. The summed E-state index contributed by atoms with van der Waals surface area (Å²) in [6.45, 7) is 4.73. The Balaban J connectivity index is 0.000000514. The van der Waals surface area contributed by atoms with Crippen molar-refractivity contribution in [1.82, 2.24) is 10.3 Å². The smallest absolute Gasteiger partial charge is 0.268 e. The molecule has 0 unspecified atom stereocenters. The largest absolute Gasteiger partial charge is 0.350 e. The highest BCUT2D eigenvalue weighted by Crippen LogP contribution is 2.27. The number of benzene rings is 1. The second-order valence-corrected chi connectivity index (χ2v) is 4.59. The third-order valence-corrected chi connectivity index (χ3v) is 3.25. The predicted molar refractivity (Wildman–Crippen MR) is 73.4 cm³/mol. The van der Waals surface area contributed by atoms with E-state index in [-0.39, 0.29) is 5.91 Å². The number of amides is 1. The van der Waals surface area contributed by atoms with E-state index in [1.807, 2.05) is 32.0 Å². The van der Waals surface area contributed by atoms with E-state index >= 15 is 0 Å². The second-order valence-electron chi connectivity index (χ2n) is 3.67. The van der Waals surface area contributed by atoms with Gasteiger partial charge >= 0.3 is 0 Å². The van der Waals surface area contributed by atoms with Gasteiger partial charge in [0.25, 0.3) is 5.91 Å². The average Bonchev–Trinajstić information content (AvgIpc) is 2.71. The summed E-state index contributed by atoms with van der Waals surface area (Å²) in [5, 5.41) is 3.99. The van der Waals surface area contributed by atoms with Crippen LogP contribution in [-0.4, -0.2) is 17.4 Å². The maximum Gasteiger partial charge on any atom is 0.268 e. The van der Waals surface area contributed by atoms with Crippen molar-refractivity contribution in [1.29, 1.82) is 0 Å². The number of hydrogen-bond acceptors (Lipinski definition) is 1. The molecule has 2 heterocycles. The first kappa shape index (κ1) is 12.2. The van der Waals surface area contributed by atoms with Gasteiger partial charge in [-0.1, -0.05) is 35.8 Å². The summed E-state index contributed by atoms with van der Waals surface area (Å²) in [6, 6.07) is 6.05. The number of fused-ring (bicyclic) bond motifs is 3. The zero-order valence-electron chi connectivity index (χ0n) is 9.93. The van der Waals surface area contributed by atoms with Crippen LogP contribution >= 0.6 is 15.9 Å². The van der Waals surface area contributed by atoms with Gasteiger partial charge in [0.1, 0.15) is 5.69 Å². The SMILES string of the molecule is CC.O=C1NCCc2c1[nH]c1cc(Br)ccc21. The van der Waals surface area contributed by atoms with Crippen molar-refractivity contribution < 1.29 is 4.79 Å². The van der Waals surface area contributed by atoms with Crippen molar-refractivity contribution in [2.24, 2.45) is 0 Å². The molecule has 0 spiro atoms. The molecule has 0 saturated heterocycles. The standard InChI is InChI=1S/C11H9BrN2O.C2H6/c12-6-1-2-7-8-3-4-13-11(15)10(8)14-9(7)5-6;1-2/h1-2,5,14H,3-4H2,(H,13,15);1-2H3. The summed E-state index contributed by atoms with van der Waals surface area (Å²) in [4.78, 5) is 14.8. The Kier molecular flexibility index (Phi) is 3.52. The molecular formula is C13H15BrN2O. The molecule has 0 aliphatic carbocycles. The van der Waals surface area contributed by atoms with Crippen molar-refractivity contribution in [3.8, 4) is 0 Å². The summed E-state index contributed by atoms with van der Waals surface area (Å²) < 4.78 is 1.02. The molecular weight excluding hydrogens is 280 g/mol. The van der Waals surface area contributed by atoms with Crippen LogP contribution < -0.4 is 5.32 Å². The molecule has 0 radical (unpaired) electrons. The molecule has 0 saturated carbocycles. The molecule has 1 amide bonds. The summed E-state index contributed by atoms with van der Waals surface area (Å²) >= 11 is 3.42. The fraction of sp³-hybridized carbons (Fsp3) is 0.308. The lowest BCUT2D eigenvalue weighted by Gasteiger charge is -2.11. The van der Waals surface area contributed by atoms with Crippen LogP contribution in [0.15, 0.2) is 22.7 Å². The molecule has 4 heteroatoms. The topological polar surface area (TPSA) is 44.9 Å². The lowest BCUT2D eigenvalue weighted by molar-refractivity contribution is 0.0942. The van der Waals surface area contributed by atoms with E-state index in [0.29, 0.717) is 5.69 Å². The Morgan fingerprint density at radius 1 is 1.29 bits per heavy atom. The minimum Gasteiger partial charge on any atom is -0.350 e. The molecule has 90 valence electrons. The molecule has 0 atom stereocenters. The van der Waals surface area contributed by atoms with Crippen LogP contribution in [0.1, 0.15) is 29.9 Å². The zero-order chi connectivity index (χ0) is 12.4. The zero-order valence-corrected chi connectivity index (χ0v) is 11.5. The van der Waals surface area contributed by atoms with Gasteiger partial charge in [-0.15, -0.1) is 0 Å². The highest BCUT2D eigenvalue weighted by molar-refractivity contribution is 9.10. The lowest BCUT2D eigenvalue weighted by atomic mass is 10.0. The second kappa shape index (κ2) is 4.92. The number of nitrogens with one attached hydrogen (secondary N) is 2. The van der Waals surface area contributed by atoms with Gasteiger partial charge in [-0.05, 0) is 24.1 Å².